The molecule has 1 aromatic carbocycles. The van der Waals surface area contributed by atoms with Gasteiger partial charge in [-0.3, -0.25) is 9.59 Å². The maximum atomic E-state index is 13.8. The second-order valence-corrected chi connectivity index (χ2v) is 5.27. The lowest BCUT2D eigenvalue weighted by Gasteiger charge is -2.16. The number of amides is 1. The summed E-state index contributed by atoms with van der Waals surface area (Å²) in [6.45, 7) is 3.57. The highest BCUT2D eigenvalue weighted by atomic mass is 19.1. The summed E-state index contributed by atoms with van der Waals surface area (Å²) in [5.74, 6) is -2.37. The highest BCUT2D eigenvalue weighted by Crippen LogP contribution is 2.18. The highest BCUT2D eigenvalue weighted by molar-refractivity contribution is 5.93. The summed E-state index contributed by atoms with van der Waals surface area (Å²) in [5, 5.41) is 11.8. The molecule has 0 aliphatic rings. The van der Waals surface area contributed by atoms with Gasteiger partial charge in [0.15, 0.2) is 0 Å². The molecule has 4 N–H and O–H groups in total. The molecule has 0 aromatic heterocycles. The molecule has 116 valence electrons. The first-order valence-electron chi connectivity index (χ1n) is 6.90. The number of primary amides is 1. The molecule has 5 nitrogen and oxygen atoms in total. The molecular formula is C15H21FN2O3. The number of carbonyl (C=O) groups excluding carboxylic acids is 1. The van der Waals surface area contributed by atoms with Crippen LogP contribution in [0.1, 0.15) is 43.5 Å². The molecule has 0 heterocycles. The zero-order valence-electron chi connectivity index (χ0n) is 12.2. The van der Waals surface area contributed by atoms with Crippen LogP contribution in [0.3, 0.4) is 0 Å². The molecule has 2 unspecified atom stereocenters. The molecule has 1 aromatic rings. The van der Waals surface area contributed by atoms with Gasteiger partial charge in [-0.15, -0.1) is 0 Å². The topological polar surface area (TPSA) is 92.4 Å². The Balaban J connectivity index is 2.49. The van der Waals surface area contributed by atoms with Gasteiger partial charge in [-0.05, 0) is 38.0 Å². The number of carboxylic acids is 1. The number of hydrogen-bond acceptors (Lipinski definition) is 3. The van der Waals surface area contributed by atoms with Gasteiger partial charge in [-0.1, -0.05) is 13.3 Å². The van der Waals surface area contributed by atoms with E-state index in [2.05, 4.69) is 5.32 Å². The second kappa shape index (κ2) is 7.61. The molecule has 21 heavy (non-hydrogen) atoms. The Labute approximate surface area is 123 Å². The van der Waals surface area contributed by atoms with E-state index in [1.807, 2.05) is 6.92 Å². The third-order valence-electron chi connectivity index (χ3n) is 3.35. The smallest absolute Gasteiger partial charge is 0.306 e. The van der Waals surface area contributed by atoms with Crippen molar-refractivity contribution in [2.45, 2.75) is 39.2 Å². The molecule has 0 saturated carbocycles. The van der Waals surface area contributed by atoms with E-state index >= 15 is 0 Å². The molecule has 2 atom stereocenters. The van der Waals surface area contributed by atoms with E-state index in [1.165, 1.54) is 12.1 Å². The van der Waals surface area contributed by atoms with Crippen molar-refractivity contribution >= 4 is 17.6 Å². The minimum Gasteiger partial charge on any atom is -0.481 e. The number of aliphatic carboxylic acids is 1. The molecule has 0 saturated heterocycles. The van der Waals surface area contributed by atoms with E-state index in [1.54, 1.807) is 6.92 Å². The van der Waals surface area contributed by atoms with Gasteiger partial charge in [0.25, 0.3) is 0 Å². The molecule has 0 fully saturated rings. The zero-order valence-corrected chi connectivity index (χ0v) is 12.2. The average Bonchev–Trinajstić information content (AvgIpc) is 2.40. The summed E-state index contributed by atoms with van der Waals surface area (Å²) in [7, 11) is 0. The van der Waals surface area contributed by atoms with Crippen LogP contribution in [0, 0.1) is 11.7 Å². The van der Waals surface area contributed by atoms with E-state index in [0.29, 0.717) is 12.1 Å². The first-order chi connectivity index (χ1) is 9.81. The van der Waals surface area contributed by atoms with Crippen LogP contribution in [0.4, 0.5) is 10.1 Å². The largest absolute Gasteiger partial charge is 0.481 e. The monoisotopic (exact) mass is 296 g/mol. The molecule has 0 bridgehead atoms. The van der Waals surface area contributed by atoms with Crippen LogP contribution in [0.5, 0.6) is 0 Å². The third kappa shape index (κ3) is 5.41. The molecule has 0 aliphatic carbocycles. The Bertz CT molecular complexity index is 520. The van der Waals surface area contributed by atoms with Gasteiger partial charge in [0.05, 0.1) is 11.6 Å². The van der Waals surface area contributed by atoms with Gasteiger partial charge in [0.1, 0.15) is 5.82 Å². The maximum Gasteiger partial charge on any atom is 0.306 e. The fraction of sp³-hybridized carbons (Fsp3) is 0.467. The van der Waals surface area contributed by atoms with Crippen LogP contribution in [0.15, 0.2) is 18.2 Å². The van der Waals surface area contributed by atoms with E-state index in [4.69, 9.17) is 10.8 Å². The molecular weight excluding hydrogens is 275 g/mol. The number of carboxylic acid groups (broad SMARTS) is 1. The number of carbonyl (C=O) groups is 2. The van der Waals surface area contributed by atoms with Crippen molar-refractivity contribution in [2.75, 3.05) is 5.32 Å². The summed E-state index contributed by atoms with van der Waals surface area (Å²) in [5.41, 5.74) is 5.51. The van der Waals surface area contributed by atoms with E-state index in [-0.39, 0.29) is 17.5 Å². The Morgan fingerprint density at radius 2 is 2.00 bits per heavy atom. The lowest BCUT2D eigenvalue weighted by atomic mass is 10.0. The lowest BCUT2D eigenvalue weighted by molar-refractivity contribution is -0.141. The van der Waals surface area contributed by atoms with Crippen LogP contribution in [-0.4, -0.2) is 23.0 Å². The summed E-state index contributed by atoms with van der Waals surface area (Å²) in [4.78, 5) is 21.6. The SMILES string of the molecule is CC(CCCC(C)C(=O)O)Nc1ccc(C(N)=O)cc1F. The molecule has 6 heteroatoms. The summed E-state index contributed by atoms with van der Waals surface area (Å²) in [6.07, 6.45) is 2.06. The molecule has 0 spiro atoms. The fourth-order valence-corrected chi connectivity index (χ4v) is 1.98. The van der Waals surface area contributed by atoms with Crippen LogP contribution in [0.2, 0.25) is 0 Å². The summed E-state index contributed by atoms with van der Waals surface area (Å²) < 4.78 is 13.8. The molecule has 1 amide bonds. The van der Waals surface area contributed by atoms with Crippen molar-refractivity contribution in [3.05, 3.63) is 29.6 Å². The van der Waals surface area contributed by atoms with Crippen molar-refractivity contribution in [3.8, 4) is 0 Å². The number of nitrogens with two attached hydrogens (primary N) is 1. The highest BCUT2D eigenvalue weighted by Gasteiger charge is 2.12. The van der Waals surface area contributed by atoms with Crippen LogP contribution >= 0.6 is 0 Å². The Morgan fingerprint density at radius 1 is 1.33 bits per heavy atom. The Kier molecular flexibility index (Phi) is 6.14. The lowest BCUT2D eigenvalue weighted by Crippen LogP contribution is -2.18. The predicted octanol–water partition coefficient (Wildman–Crippen LogP) is 2.62. The van der Waals surface area contributed by atoms with Crippen molar-refractivity contribution in [1.29, 1.82) is 0 Å². The van der Waals surface area contributed by atoms with Crippen molar-refractivity contribution in [3.63, 3.8) is 0 Å². The number of hydrogen-bond donors (Lipinski definition) is 3. The number of anilines is 1. The van der Waals surface area contributed by atoms with Gasteiger partial charge in [0.2, 0.25) is 5.91 Å². The van der Waals surface area contributed by atoms with Gasteiger partial charge >= 0.3 is 5.97 Å². The first-order valence-corrected chi connectivity index (χ1v) is 6.90. The molecule has 0 radical (unpaired) electrons. The normalized spacial score (nSPS) is 13.5. The van der Waals surface area contributed by atoms with E-state index in [9.17, 15) is 14.0 Å². The maximum absolute atomic E-state index is 13.8. The van der Waals surface area contributed by atoms with Crippen molar-refractivity contribution in [1.82, 2.24) is 0 Å². The third-order valence-corrected chi connectivity index (χ3v) is 3.35. The summed E-state index contributed by atoms with van der Waals surface area (Å²) in [6, 6.07) is 4.04. The van der Waals surface area contributed by atoms with Gasteiger partial charge in [-0.2, -0.15) is 0 Å². The molecule has 1 rings (SSSR count). The first kappa shape index (κ1) is 16.9. The standard InChI is InChI=1S/C15H21FN2O3/c1-9(15(20)21)4-3-5-10(2)18-13-7-6-11(14(17)19)8-12(13)16/h6-10,18H,3-5H2,1-2H3,(H2,17,19)(H,20,21). The Hall–Kier alpha value is -2.11. The average molecular weight is 296 g/mol. The van der Waals surface area contributed by atoms with Crippen molar-refractivity contribution < 1.29 is 19.1 Å². The minimum atomic E-state index is -0.802. The zero-order chi connectivity index (χ0) is 16.0. The van der Waals surface area contributed by atoms with Crippen LogP contribution in [0.25, 0.3) is 0 Å². The quantitative estimate of drug-likeness (QED) is 0.687. The number of rotatable bonds is 8. The van der Waals surface area contributed by atoms with Crippen LogP contribution < -0.4 is 11.1 Å². The van der Waals surface area contributed by atoms with E-state index in [0.717, 1.165) is 18.9 Å². The number of benzene rings is 1. The Morgan fingerprint density at radius 3 is 2.52 bits per heavy atom. The van der Waals surface area contributed by atoms with Gasteiger partial charge in [-0.25, -0.2) is 4.39 Å². The number of nitrogens with one attached hydrogen (secondary N) is 1. The van der Waals surface area contributed by atoms with Gasteiger partial charge in [0, 0.05) is 11.6 Å². The van der Waals surface area contributed by atoms with E-state index < -0.39 is 17.7 Å². The predicted molar refractivity (Wildman–Crippen MR) is 78.7 cm³/mol. The van der Waals surface area contributed by atoms with Crippen molar-refractivity contribution in [2.24, 2.45) is 11.7 Å². The fourth-order valence-electron chi connectivity index (χ4n) is 1.98. The van der Waals surface area contributed by atoms with Crippen LogP contribution in [-0.2, 0) is 4.79 Å². The minimum absolute atomic E-state index is 0.0000713. The second-order valence-electron chi connectivity index (χ2n) is 5.27. The molecule has 0 aliphatic heterocycles. The summed E-state index contributed by atoms with van der Waals surface area (Å²) >= 11 is 0. The number of halogens is 1. The van der Waals surface area contributed by atoms with Gasteiger partial charge < -0.3 is 16.2 Å².